The quantitative estimate of drug-likeness (QED) is 0.871. The molecule has 2 heterocycles. The van der Waals surface area contributed by atoms with E-state index in [1.54, 1.807) is 6.20 Å². The molecule has 0 saturated carbocycles. The van der Waals surface area contributed by atoms with E-state index in [4.69, 9.17) is 11.6 Å². The van der Waals surface area contributed by atoms with Gasteiger partial charge >= 0.3 is 0 Å². The fraction of sp³-hybridized carbons (Fsp3) is 0.400. The topological polar surface area (TPSA) is 48.5 Å². The normalized spacial score (nSPS) is 15.7. The second-order valence-corrected chi connectivity index (χ2v) is 7.08. The molecule has 1 atom stereocenters. The molecule has 26 heavy (non-hydrogen) atoms. The Kier molecular flexibility index (Phi) is 5.99. The number of amides is 1. The SMILES string of the molecule is CCC(C)NC(=O)c1ccc(N2CCN(c3cccc(Cl)c3)CC2)nc1. The smallest absolute Gasteiger partial charge is 0.253 e. The van der Waals surface area contributed by atoms with E-state index in [0.717, 1.165) is 49.1 Å². The molecule has 1 unspecified atom stereocenters. The summed E-state index contributed by atoms with van der Waals surface area (Å²) in [6.45, 7) is 7.65. The lowest BCUT2D eigenvalue weighted by Crippen LogP contribution is -2.46. The van der Waals surface area contributed by atoms with E-state index in [-0.39, 0.29) is 11.9 Å². The molecule has 6 heteroatoms. The van der Waals surface area contributed by atoms with E-state index in [9.17, 15) is 4.79 Å². The summed E-state index contributed by atoms with van der Waals surface area (Å²) in [5.41, 5.74) is 1.76. The maximum absolute atomic E-state index is 12.1. The Morgan fingerprint density at radius 3 is 2.54 bits per heavy atom. The molecule has 1 aliphatic heterocycles. The van der Waals surface area contributed by atoms with Crippen LogP contribution in [0.1, 0.15) is 30.6 Å². The standard InChI is InChI=1S/C20H25ClN4O/c1-3-15(2)23-20(26)16-7-8-19(22-14-16)25-11-9-24(10-12-25)18-6-4-5-17(21)13-18/h4-8,13-15H,3,9-12H2,1-2H3,(H,23,26). The van der Waals surface area contributed by atoms with Crippen molar-refractivity contribution >= 4 is 29.0 Å². The van der Waals surface area contributed by atoms with E-state index in [1.165, 1.54) is 0 Å². The van der Waals surface area contributed by atoms with Crippen LogP contribution in [0.25, 0.3) is 0 Å². The van der Waals surface area contributed by atoms with Crippen molar-refractivity contribution in [3.63, 3.8) is 0 Å². The van der Waals surface area contributed by atoms with Gasteiger partial charge in [-0.25, -0.2) is 4.98 Å². The van der Waals surface area contributed by atoms with Crippen LogP contribution in [0.4, 0.5) is 11.5 Å². The van der Waals surface area contributed by atoms with Gasteiger partial charge in [0.15, 0.2) is 0 Å². The molecule has 1 aliphatic rings. The number of nitrogens with one attached hydrogen (secondary N) is 1. The molecular formula is C20H25ClN4O. The Balaban J connectivity index is 1.58. The first-order valence-corrected chi connectivity index (χ1v) is 9.47. The highest BCUT2D eigenvalue weighted by molar-refractivity contribution is 6.30. The van der Waals surface area contributed by atoms with Gasteiger partial charge in [-0.05, 0) is 43.7 Å². The molecule has 1 aromatic heterocycles. The number of pyridine rings is 1. The summed E-state index contributed by atoms with van der Waals surface area (Å²) in [5, 5.41) is 3.73. The number of carbonyl (C=O) groups excluding carboxylic acids is 1. The van der Waals surface area contributed by atoms with Crippen molar-refractivity contribution in [2.24, 2.45) is 0 Å². The number of aromatic nitrogens is 1. The van der Waals surface area contributed by atoms with Crippen molar-refractivity contribution in [1.82, 2.24) is 10.3 Å². The molecule has 1 aromatic carbocycles. The van der Waals surface area contributed by atoms with Crippen LogP contribution in [-0.4, -0.2) is 43.1 Å². The number of carbonyl (C=O) groups is 1. The lowest BCUT2D eigenvalue weighted by atomic mass is 10.2. The van der Waals surface area contributed by atoms with Gasteiger partial charge in [-0.15, -0.1) is 0 Å². The van der Waals surface area contributed by atoms with Gasteiger partial charge in [0.1, 0.15) is 5.82 Å². The predicted molar refractivity (Wildman–Crippen MR) is 107 cm³/mol. The van der Waals surface area contributed by atoms with Crippen molar-refractivity contribution in [3.05, 3.63) is 53.2 Å². The highest BCUT2D eigenvalue weighted by atomic mass is 35.5. The monoisotopic (exact) mass is 372 g/mol. The van der Waals surface area contributed by atoms with Gasteiger partial charge in [0.05, 0.1) is 5.56 Å². The molecule has 1 amide bonds. The Hall–Kier alpha value is -2.27. The third kappa shape index (κ3) is 4.47. The summed E-state index contributed by atoms with van der Waals surface area (Å²) in [4.78, 5) is 21.2. The largest absolute Gasteiger partial charge is 0.368 e. The summed E-state index contributed by atoms with van der Waals surface area (Å²) in [5.74, 6) is 0.847. The van der Waals surface area contributed by atoms with Crippen LogP contribution in [0.5, 0.6) is 0 Å². The lowest BCUT2D eigenvalue weighted by molar-refractivity contribution is 0.0939. The highest BCUT2D eigenvalue weighted by Gasteiger charge is 2.19. The summed E-state index contributed by atoms with van der Waals surface area (Å²) < 4.78 is 0. The van der Waals surface area contributed by atoms with E-state index in [2.05, 4.69) is 33.1 Å². The van der Waals surface area contributed by atoms with Crippen LogP contribution in [0.2, 0.25) is 5.02 Å². The van der Waals surface area contributed by atoms with Gasteiger partial charge in [-0.2, -0.15) is 0 Å². The van der Waals surface area contributed by atoms with Crippen LogP contribution in [-0.2, 0) is 0 Å². The minimum absolute atomic E-state index is 0.0656. The molecule has 1 fully saturated rings. The third-order valence-electron chi connectivity index (χ3n) is 4.78. The number of nitrogens with zero attached hydrogens (tertiary/aromatic N) is 3. The first-order chi connectivity index (χ1) is 12.6. The van der Waals surface area contributed by atoms with Crippen LogP contribution < -0.4 is 15.1 Å². The van der Waals surface area contributed by atoms with E-state index >= 15 is 0 Å². The summed E-state index contributed by atoms with van der Waals surface area (Å²) >= 11 is 6.09. The third-order valence-corrected chi connectivity index (χ3v) is 5.01. The van der Waals surface area contributed by atoms with E-state index in [1.807, 2.05) is 37.3 Å². The Morgan fingerprint density at radius 1 is 1.19 bits per heavy atom. The van der Waals surface area contributed by atoms with Gasteiger partial charge in [0.25, 0.3) is 5.91 Å². The van der Waals surface area contributed by atoms with E-state index in [0.29, 0.717) is 5.56 Å². The zero-order valence-corrected chi connectivity index (χ0v) is 16.0. The molecule has 3 rings (SSSR count). The Morgan fingerprint density at radius 2 is 1.92 bits per heavy atom. The van der Waals surface area contributed by atoms with Crippen LogP contribution in [0.3, 0.4) is 0 Å². The van der Waals surface area contributed by atoms with Crippen molar-refractivity contribution in [3.8, 4) is 0 Å². The lowest BCUT2D eigenvalue weighted by Gasteiger charge is -2.36. The molecule has 1 N–H and O–H groups in total. The number of anilines is 2. The minimum atomic E-state index is -0.0656. The number of hydrogen-bond acceptors (Lipinski definition) is 4. The molecular weight excluding hydrogens is 348 g/mol. The maximum atomic E-state index is 12.1. The maximum Gasteiger partial charge on any atom is 0.253 e. The number of hydrogen-bond donors (Lipinski definition) is 1. The van der Waals surface area contributed by atoms with Crippen LogP contribution in [0, 0.1) is 0 Å². The fourth-order valence-corrected chi connectivity index (χ4v) is 3.17. The van der Waals surface area contributed by atoms with Crippen molar-refractivity contribution in [1.29, 1.82) is 0 Å². The Labute approximate surface area is 160 Å². The second kappa shape index (κ2) is 8.41. The molecule has 2 aromatic rings. The van der Waals surface area contributed by atoms with Crippen LogP contribution in [0.15, 0.2) is 42.6 Å². The fourth-order valence-electron chi connectivity index (χ4n) is 2.98. The number of halogens is 1. The minimum Gasteiger partial charge on any atom is -0.368 e. The molecule has 0 radical (unpaired) electrons. The Bertz CT molecular complexity index is 742. The summed E-state index contributed by atoms with van der Waals surface area (Å²) in [6.07, 6.45) is 2.57. The zero-order chi connectivity index (χ0) is 18.5. The van der Waals surface area contributed by atoms with Crippen LogP contribution >= 0.6 is 11.6 Å². The van der Waals surface area contributed by atoms with Gasteiger partial charge in [0.2, 0.25) is 0 Å². The average Bonchev–Trinajstić information content (AvgIpc) is 2.68. The highest BCUT2D eigenvalue weighted by Crippen LogP contribution is 2.22. The first-order valence-electron chi connectivity index (χ1n) is 9.09. The van der Waals surface area contributed by atoms with Crippen molar-refractivity contribution in [2.75, 3.05) is 36.0 Å². The van der Waals surface area contributed by atoms with Gasteiger partial charge in [-0.3, -0.25) is 4.79 Å². The zero-order valence-electron chi connectivity index (χ0n) is 15.3. The van der Waals surface area contributed by atoms with Gasteiger partial charge < -0.3 is 15.1 Å². The molecule has 0 bridgehead atoms. The molecule has 0 aliphatic carbocycles. The first kappa shape index (κ1) is 18.5. The van der Waals surface area contributed by atoms with Gasteiger partial charge in [0, 0.05) is 49.1 Å². The van der Waals surface area contributed by atoms with Crippen molar-refractivity contribution < 1.29 is 4.79 Å². The van der Waals surface area contributed by atoms with Crippen molar-refractivity contribution in [2.45, 2.75) is 26.3 Å². The van der Waals surface area contributed by atoms with E-state index < -0.39 is 0 Å². The number of benzene rings is 1. The predicted octanol–water partition coefficient (Wildman–Crippen LogP) is 3.59. The molecule has 138 valence electrons. The second-order valence-electron chi connectivity index (χ2n) is 6.64. The van der Waals surface area contributed by atoms with Gasteiger partial charge in [-0.1, -0.05) is 24.6 Å². The summed E-state index contributed by atoms with van der Waals surface area (Å²) in [7, 11) is 0. The molecule has 0 spiro atoms. The average molecular weight is 373 g/mol. The number of piperazine rings is 1. The summed E-state index contributed by atoms with van der Waals surface area (Å²) in [6, 6.07) is 11.9. The number of rotatable bonds is 5. The molecule has 5 nitrogen and oxygen atoms in total. The molecule has 1 saturated heterocycles.